The lowest BCUT2D eigenvalue weighted by Crippen LogP contribution is -2.04. The van der Waals surface area contributed by atoms with Gasteiger partial charge in [0.05, 0.1) is 22.5 Å². The van der Waals surface area contributed by atoms with E-state index in [1.165, 1.54) is 18.3 Å². The maximum absolute atomic E-state index is 13.3. The molecule has 0 unspecified atom stereocenters. The van der Waals surface area contributed by atoms with Crippen molar-refractivity contribution in [1.29, 1.82) is 0 Å². The van der Waals surface area contributed by atoms with Crippen molar-refractivity contribution in [2.45, 2.75) is 12.1 Å². The highest BCUT2D eigenvalue weighted by atomic mass is 32.2. The van der Waals surface area contributed by atoms with Gasteiger partial charge in [-0.15, -0.1) is 0 Å². The van der Waals surface area contributed by atoms with Gasteiger partial charge in [-0.2, -0.15) is 0 Å². The summed E-state index contributed by atoms with van der Waals surface area (Å²) < 4.78 is 42.2. The molecule has 4 aromatic rings. The average Bonchev–Trinajstić information content (AvgIpc) is 3.01. The summed E-state index contributed by atoms with van der Waals surface area (Å²) in [5.41, 5.74) is 3.00. The Kier molecular flexibility index (Phi) is 3.96. The molecule has 0 aliphatic heterocycles. The van der Waals surface area contributed by atoms with Crippen LogP contribution in [0.2, 0.25) is 0 Å². The Morgan fingerprint density at radius 2 is 1.81 bits per heavy atom. The van der Waals surface area contributed by atoms with Gasteiger partial charge in [0.25, 0.3) is 5.71 Å². The number of halogens is 1. The van der Waals surface area contributed by atoms with E-state index in [0.717, 1.165) is 6.26 Å². The van der Waals surface area contributed by atoms with Crippen molar-refractivity contribution in [3.05, 3.63) is 54.1 Å². The van der Waals surface area contributed by atoms with Crippen LogP contribution in [0.25, 0.3) is 33.6 Å². The highest BCUT2D eigenvalue weighted by Gasteiger charge is 2.18. The number of fused-ring (bicyclic) bond motifs is 1. The van der Waals surface area contributed by atoms with Crippen LogP contribution in [0.4, 0.5) is 4.39 Å². The molecule has 1 aromatic carbocycles. The number of pyridine rings is 1. The summed E-state index contributed by atoms with van der Waals surface area (Å²) in [7, 11) is -3.58. The number of rotatable bonds is 3. The first-order valence-electron chi connectivity index (χ1n) is 7.89. The fourth-order valence-corrected chi connectivity index (χ4v) is 3.20. The standard InChI is InChI=1S/C18H13FN4O3S/c1-10-13-9-14(15-7-8-20-18(21-15)27(2,24)25)16(22-17(13)26-23-10)11-3-5-12(19)6-4-11/h3-9H,1-2H3. The zero-order chi connectivity index (χ0) is 19.2. The molecule has 0 fully saturated rings. The van der Waals surface area contributed by atoms with Gasteiger partial charge in [-0.3, -0.25) is 0 Å². The topological polar surface area (TPSA) is 98.8 Å². The molecule has 0 bridgehead atoms. The predicted molar refractivity (Wildman–Crippen MR) is 96.1 cm³/mol. The molecule has 0 spiro atoms. The van der Waals surface area contributed by atoms with Gasteiger partial charge < -0.3 is 4.52 Å². The smallest absolute Gasteiger partial charge is 0.258 e. The maximum Gasteiger partial charge on any atom is 0.258 e. The lowest BCUT2D eigenvalue weighted by atomic mass is 10.0. The minimum Gasteiger partial charge on any atom is -0.336 e. The van der Waals surface area contributed by atoms with E-state index in [-0.39, 0.29) is 11.0 Å². The van der Waals surface area contributed by atoms with E-state index in [9.17, 15) is 12.8 Å². The van der Waals surface area contributed by atoms with Gasteiger partial charge in [-0.25, -0.2) is 27.8 Å². The molecule has 0 amide bonds. The molecule has 0 atom stereocenters. The lowest BCUT2D eigenvalue weighted by molar-refractivity contribution is 0.443. The van der Waals surface area contributed by atoms with Gasteiger partial charge in [0.1, 0.15) is 5.82 Å². The Morgan fingerprint density at radius 1 is 1.07 bits per heavy atom. The van der Waals surface area contributed by atoms with Gasteiger partial charge >= 0.3 is 0 Å². The molecule has 4 rings (SSSR count). The largest absolute Gasteiger partial charge is 0.336 e. The lowest BCUT2D eigenvalue weighted by Gasteiger charge is -2.09. The van der Waals surface area contributed by atoms with Crippen molar-refractivity contribution in [1.82, 2.24) is 20.1 Å². The van der Waals surface area contributed by atoms with Crippen molar-refractivity contribution >= 4 is 20.9 Å². The summed E-state index contributed by atoms with van der Waals surface area (Å²) in [5.74, 6) is -0.377. The van der Waals surface area contributed by atoms with Crippen molar-refractivity contribution < 1.29 is 17.3 Å². The van der Waals surface area contributed by atoms with Gasteiger partial charge in [-0.05, 0) is 43.3 Å². The second-order valence-corrected chi connectivity index (χ2v) is 7.92. The predicted octanol–water partition coefficient (Wildman–Crippen LogP) is 3.20. The molecule has 3 heterocycles. The van der Waals surface area contributed by atoms with Gasteiger partial charge in [0.2, 0.25) is 15.0 Å². The van der Waals surface area contributed by atoms with Crippen molar-refractivity contribution in [2.75, 3.05) is 6.26 Å². The van der Waals surface area contributed by atoms with Crippen LogP contribution < -0.4 is 0 Å². The van der Waals surface area contributed by atoms with E-state index < -0.39 is 9.84 Å². The van der Waals surface area contributed by atoms with Gasteiger partial charge in [0, 0.05) is 23.6 Å². The zero-order valence-corrected chi connectivity index (χ0v) is 15.2. The number of hydrogen-bond donors (Lipinski definition) is 0. The summed E-state index contributed by atoms with van der Waals surface area (Å²) in [4.78, 5) is 12.5. The third-order valence-corrected chi connectivity index (χ3v) is 4.87. The highest BCUT2D eigenvalue weighted by molar-refractivity contribution is 7.90. The first-order chi connectivity index (χ1) is 12.8. The van der Waals surface area contributed by atoms with E-state index in [4.69, 9.17) is 4.52 Å². The molecule has 0 N–H and O–H groups in total. The van der Waals surface area contributed by atoms with Crippen LogP contribution in [-0.2, 0) is 9.84 Å². The SMILES string of the molecule is Cc1noc2nc(-c3ccc(F)cc3)c(-c3ccnc(S(C)(=O)=O)n3)cc12. The molecular weight excluding hydrogens is 371 g/mol. The Morgan fingerprint density at radius 3 is 2.52 bits per heavy atom. The fraction of sp³-hybridized carbons (Fsp3) is 0.111. The first-order valence-corrected chi connectivity index (χ1v) is 9.78. The fourth-order valence-electron chi connectivity index (χ4n) is 2.68. The molecule has 0 aliphatic rings. The number of sulfone groups is 1. The van der Waals surface area contributed by atoms with Crippen LogP contribution in [0.1, 0.15) is 5.69 Å². The summed E-state index contributed by atoms with van der Waals surface area (Å²) in [6.07, 6.45) is 2.41. The van der Waals surface area contributed by atoms with Crippen LogP contribution in [0.3, 0.4) is 0 Å². The second kappa shape index (κ2) is 6.20. The van der Waals surface area contributed by atoms with Crippen LogP contribution in [0.5, 0.6) is 0 Å². The van der Waals surface area contributed by atoms with Crippen LogP contribution in [0, 0.1) is 12.7 Å². The maximum atomic E-state index is 13.3. The molecule has 136 valence electrons. The van der Waals surface area contributed by atoms with Crippen molar-refractivity contribution in [2.24, 2.45) is 0 Å². The molecule has 0 saturated heterocycles. The normalized spacial score (nSPS) is 11.8. The van der Waals surface area contributed by atoms with E-state index in [1.54, 1.807) is 31.2 Å². The van der Waals surface area contributed by atoms with E-state index in [1.807, 2.05) is 0 Å². The third kappa shape index (κ3) is 3.17. The highest BCUT2D eigenvalue weighted by Crippen LogP contribution is 2.33. The Hall–Kier alpha value is -3.20. The van der Waals surface area contributed by atoms with E-state index in [0.29, 0.717) is 39.3 Å². The zero-order valence-electron chi connectivity index (χ0n) is 14.3. The Labute approximate surface area is 153 Å². The first kappa shape index (κ1) is 17.2. The van der Waals surface area contributed by atoms with Crippen LogP contribution in [-0.4, -0.2) is 34.8 Å². The summed E-state index contributed by atoms with van der Waals surface area (Å²) in [6.45, 7) is 1.77. The Balaban J connectivity index is 2.02. The number of aromatic nitrogens is 4. The molecule has 9 heteroatoms. The quantitative estimate of drug-likeness (QED) is 0.500. The average molecular weight is 384 g/mol. The molecule has 27 heavy (non-hydrogen) atoms. The number of aryl methyl sites for hydroxylation is 1. The van der Waals surface area contributed by atoms with Crippen LogP contribution in [0.15, 0.2) is 52.3 Å². The minimum atomic E-state index is -3.58. The molecule has 0 radical (unpaired) electrons. The van der Waals surface area contributed by atoms with E-state index >= 15 is 0 Å². The van der Waals surface area contributed by atoms with Crippen molar-refractivity contribution in [3.63, 3.8) is 0 Å². The van der Waals surface area contributed by atoms with Gasteiger partial charge in [-0.1, -0.05) is 5.16 Å². The molecular formula is C18H13FN4O3S. The summed E-state index contributed by atoms with van der Waals surface area (Å²) in [6, 6.07) is 9.16. The number of benzene rings is 1. The second-order valence-electron chi connectivity index (χ2n) is 6.01. The van der Waals surface area contributed by atoms with Crippen LogP contribution >= 0.6 is 0 Å². The van der Waals surface area contributed by atoms with E-state index in [2.05, 4.69) is 20.1 Å². The summed E-state index contributed by atoms with van der Waals surface area (Å²) in [5, 5.41) is 4.30. The molecule has 0 aliphatic carbocycles. The third-order valence-electron chi connectivity index (χ3n) is 4.01. The molecule has 3 aromatic heterocycles. The molecule has 7 nitrogen and oxygen atoms in total. The van der Waals surface area contributed by atoms with Gasteiger partial charge in [0.15, 0.2) is 0 Å². The molecule has 0 saturated carbocycles. The number of nitrogens with zero attached hydrogens (tertiary/aromatic N) is 4. The number of hydrogen-bond acceptors (Lipinski definition) is 7. The van der Waals surface area contributed by atoms with Crippen molar-refractivity contribution in [3.8, 4) is 22.5 Å². The Bertz CT molecular complexity index is 1270. The minimum absolute atomic E-state index is 0.285. The summed E-state index contributed by atoms with van der Waals surface area (Å²) >= 11 is 0. The monoisotopic (exact) mass is 384 g/mol.